The van der Waals surface area contributed by atoms with E-state index < -0.39 is 5.97 Å². The van der Waals surface area contributed by atoms with Crippen molar-refractivity contribution in [2.24, 2.45) is 0 Å². The highest BCUT2D eigenvalue weighted by atomic mass is 32.2. The number of rotatable bonds is 9. The molecule has 0 unspecified atom stereocenters. The normalized spacial score (nSPS) is 10.3. The molecule has 27 heavy (non-hydrogen) atoms. The van der Waals surface area contributed by atoms with Crippen molar-refractivity contribution in [3.8, 4) is 0 Å². The molecule has 2 amide bonds. The predicted molar refractivity (Wildman–Crippen MR) is 107 cm³/mol. The summed E-state index contributed by atoms with van der Waals surface area (Å²) in [5.41, 5.74) is 2.72. The van der Waals surface area contributed by atoms with E-state index >= 15 is 0 Å². The second kappa shape index (κ2) is 10.4. The lowest BCUT2D eigenvalue weighted by molar-refractivity contribution is -0.136. The van der Waals surface area contributed by atoms with Gasteiger partial charge in [0.15, 0.2) is 0 Å². The highest BCUT2D eigenvalue weighted by Gasteiger charge is 2.09. The van der Waals surface area contributed by atoms with Gasteiger partial charge in [0.05, 0.1) is 6.42 Å². The van der Waals surface area contributed by atoms with Crippen LogP contribution in [0.4, 0.5) is 5.69 Å². The molecule has 0 heterocycles. The molecule has 2 rings (SSSR count). The lowest BCUT2D eigenvalue weighted by Gasteiger charge is -2.08. The zero-order chi connectivity index (χ0) is 19.6. The van der Waals surface area contributed by atoms with Crippen molar-refractivity contribution in [1.82, 2.24) is 5.32 Å². The molecule has 2 aromatic rings. The van der Waals surface area contributed by atoms with Crippen LogP contribution in [0.3, 0.4) is 0 Å². The zero-order valence-electron chi connectivity index (χ0n) is 15.0. The van der Waals surface area contributed by atoms with Gasteiger partial charge in [-0.1, -0.05) is 19.1 Å². The molecule has 2 aromatic carbocycles. The van der Waals surface area contributed by atoms with Crippen molar-refractivity contribution < 1.29 is 19.5 Å². The van der Waals surface area contributed by atoms with E-state index in [9.17, 15) is 14.4 Å². The number of carboxylic acids is 1. The smallest absolute Gasteiger partial charge is 0.305 e. The Bertz CT molecular complexity index is 789. The first-order chi connectivity index (χ1) is 13.0. The number of carbonyl (C=O) groups is 3. The Morgan fingerprint density at radius 3 is 2.11 bits per heavy atom. The Kier molecular flexibility index (Phi) is 7.88. The van der Waals surface area contributed by atoms with E-state index in [1.165, 1.54) is 5.56 Å². The highest BCUT2D eigenvalue weighted by Crippen LogP contribution is 2.15. The first-order valence-electron chi connectivity index (χ1n) is 8.57. The first-order valence-corrected chi connectivity index (χ1v) is 9.73. The van der Waals surface area contributed by atoms with E-state index in [-0.39, 0.29) is 24.8 Å². The number of carbonyl (C=O) groups excluding carboxylic acids is 2. The minimum absolute atomic E-state index is 0.0689. The maximum absolute atomic E-state index is 12.3. The largest absolute Gasteiger partial charge is 0.481 e. The topological polar surface area (TPSA) is 95.5 Å². The zero-order valence-corrected chi connectivity index (χ0v) is 15.8. The average Bonchev–Trinajstić information content (AvgIpc) is 2.67. The number of anilines is 1. The molecule has 0 radical (unpaired) electrons. The van der Waals surface area contributed by atoms with Crippen LogP contribution >= 0.6 is 11.8 Å². The number of hydrogen-bond donors (Lipinski definition) is 3. The predicted octanol–water partition coefficient (Wildman–Crippen LogP) is 3.40. The van der Waals surface area contributed by atoms with Gasteiger partial charge in [0.25, 0.3) is 11.8 Å². The Morgan fingerprint density at radius 1 is 0.926 bits per heavy atom. The van der Waals surface area contributed by atoms with Gasteiger partial charge < -0.3 is 15.7 Å². The molecule has 0 bridgehead atoms. The third-order valence-electron chi connectivity index (χ3n) is 3.72. The van der Waals surface area contributed by atoms with Gasteiger partial charge in [-0.2, -0.15) is 11.8 Å². The van der Waals surface area contributed by atoms with E-state index in [1.807, 2.05) is 23.9 Å². The summed E-state index contributed by atoms with van der Waals surface area (Å²) in [6, 6.07) is 13.9. The van der Waals surface area contributed by atoms with Crippen LogP contribution < -0.4 is 10.6 Å². The molecule has 0 atom stereocenters. The van der Waals surface area contributed by atoms with Crippen LogP contribution in [0.1, 0.15) is 39.6 Å². The maximum Gasteiger partial charge on any atom is 0.305 e. The molecule has 0 fully saturated rings. The van der Waals surface area contributed by atoms with Gasteiger partial charge in [-0.25, -0.2) is 0 Å². The fourth-order valence-electron chi connectivity index (χ4n) is 2.27. The van der Waals surface area contributed by atoms with Gasteiger partial charge in [0.1, 0.15) is 0 Å². The number of amides is 2. The lowest BCUT2D eigenvalue weighted by Crippen LogP contribution is -2.25. The second-order valence-corrected chi connectivity index (χ2v) is 7.04. The molecule has 0 aromatic heterocycles. The van der Waals surface area contributed by atoms with E-state index in [0.29, 0.717) is 16.8 Å². The van der Waals surface area contributed by atoms with E-state index in [0.717, 1.165) is 11.5 Å². The van der Waals surface area contributed by atoms with E-state index in [2.05, 4.69) is 17.6 Å². The fraction of sp³-hybridized carbons (Fsp3) is 0.250. The van der Waals surface area contributed by atoms with E-state index in [1.54, 1.807) is 36.4 Å². The Morgan fingerprint density at radius 2 is 1.52 bits per heavy atom. The minimum atomic E-state index is -0.967. The van der Waals surface area contributed by atoms with Crippen LogP contribution in [-0.4, -0.2) is 35.2 Å². The van der Waals surface area contributed by atoms with Gasteiger partial charge in [-0.05, 0) is 47.7 Å². The summed E-state index contributed by atoms with van der Waals surface area (Å²) in [7, 11) is 0. The highest BCUT2D eigenvalue weighted by molar-refractivity contribution is 7.98. The van der Waals surface area contributed by atoms with Crippen molar-refractivity contribution in [2.45, 2.75) is 19.1 Å². The fourth-order valence-corrected chi connectivity index (χ4v) is 2.90. The minimum Gasteiger partial charge on any atom is -0.481 e. The number of aliphatic carboxylic acids is 1. The summed E-state index contributed by atoms with van der Waals surface area (Å²) in [6.45, 7) is 2.18. The molecule has 0 saturated carbocycles. The average molecular weight is 386 g/mol. The van der Waals surface area contributed by atoms with Crippen LogP contribution in [-0.2, 0) is 10.5 Å². The van der Waals surface area contributed by atoms with E-state index in [4.69, 9.17) is 5.11 Å². The SMILES string of the molecule is CCSCc1ccc(C(=O)Nc2ccc(C(=O)NCCC(=O)O)cc2)cc1. The van der Waals surface area contributed by atoms with Crippen molar-refractivity contribution >= 4 is 35.2 Å². The molecule has 0 spiro atoms. The lowest BCUT2D eigenvalue weighted by atomic mass is 10.1. The van der Waals surface area contributed by atoms with Gasteiger partial charge in [-0.3, -0.25) is 14.4 Å². The quantitative estimate of drug-likeness (QED) is 0.614. The van der Waals surface area contributed by atoms with Crippen molar-refractivity contribution in [3.05, 3.63) is 65.2 Å². The number of hydrogen-bond acceptors (Lipinski definition) is 4. The molecular formula is C20H22N2O4S. The number of carboxylic acid groups (broad SMARTS) is 1. The number of benzene rings is 2. The van der Waals surface area contributed by atoms with Gasteiger partial charge >= 0.3 is 5.97 Å². The molecule has 142 valence electrons. The molecule has 0 aliphatic carbocycles. The van der Waals surface area contributed by atoms with Crippen LogP contribution in [0, 0.1) is 0 Å². The summed E-state index contributed by atoms with van der Waals surface area (Å²) in [5.74, 6) is 0.438. The third kappa shape index (κ3) is 6.79. The molecule has 0 aliphatic heterocycles. The molecule has 0 saturated heterocycles. The molecule has 7 heteroatoms. The standard InChI is InChI=1S/C20H22N2O4S/c1-2-27-13-14-3-5-16(6-4-14)20(26)22-17-9-7-15(8-10-17)19(25)21-12-11-18(23)24/h3-10H,2,11-13H2,1H3,(H,21,25)(H,22,26)(H,23,24). The monoisotopic (exact) mass is 386 g/mol. The number of thioether (sulfide) groups is 1. The van der Waals surface area contributed by atoms with Crippen LogP contribution in [0.2, 0.25) is 0 Å². The van der Waals surface area contributed by atoms with Crippen LogP contribution in [0.25, 0.3) is 0 Å². The van der Waals surface area contributed by atoms with Gasteiger partial charge in [0, 0.05) is 29.1 Å². The molecular weight excluding hydrogens is 364 g/mol. The van der Waals surface area contributed by atoms with Crippen LogP contribution in [0.5, 0.6) is 0 Å². The molecule has 3 N–H and O–H groups in total. The second-order valence-electron chi connectivity index (χ2n) is 5.77. The first kappa shape index (κ1) is 20.5. The van der Waals surface area contributed by atoms with Crippen molar-refractivity contribution in [2.75, 3.05) is 17.6 Å². The van der Waals surface area contributed by atoms with Gasteiger partial charge in [-0.15, -0.1) is 0 Å². The molecule has 6 nitrogen and oxygen atoms in total. The maximum atomic E-state index is 12.3. The summed E-state index contributed by atoms with van der Waals surface area (Å²) >= 11 is 1.83. The number of nitrogens with one attached hydrogen (secondary N) is 2. The molecule has 0 aliphatic rings. The Balaban J connectivity index is 1.90. The summed E-state index contributed by atoms with van der Waals surface area (Å²) < 4.78 is 0. The Hall–Kier alpha value is -2.80. The summed E-state index contributed by atoms with van der Waals surface area (Å²) in [5, 5.41) is 13.9. The van der Waals surface area contributed by atoms with Crippen LogP contribution in [0.15, 0.2) is 48.5 Å². The Labute approximate surface area is 162 Å². The third-order valence-corrected chi connectivity index (χ3v) is 4.66. The van der Waals surface area contributed by atoms with Crippen molar-refractivity contribution in [1.29, 1.82) is 0 Å². The summed E-state index contributed by atoms with van der Waals surface area (Å²) in [4.78, 5) is 34.7. The summed E-state index contributed by atoms with van der Waals surface area (Å²) in [6.07, 6.45) is -0.129. The van der Waals surface area contributed by atoms with Gasteiger partial charge in [0.2, 0.25) is 0 Å². The van der Waals surface area contributed by atoms with Crippen molar-refractivity contribution in [3.63, 3.8) is 0 Å².